The van der Waals surface area contributed by atoms with E-state index in [1.54, 1.807) is 0 Å². The van der Waals surface area contributed by atoms with Crippen LogP contribution in [0.2, 0.25) is 0 Å². The predicted octanol–water partition coefficient (Wildman–Crippen LogP) is 34.0. The molecule has 0 saturated carbocycles. The van der Waals surface area contributed by atoms with E-state index >= 15 is 0 Å². The lowest BCUT2D eigenvalue weighted by Gasteiger charge is -2.40. The van der Waals surface area contributed by atoms with Crippen LogP contribution < -0.4 is 0 Å². The Balaban J connectivity index is -0.000000186. The van der Waals surface area contributed by atoms with Crippen molar-refractivity contribution in [2.45, 2.75) is 441 Å². The third-order valence-corrected chi connectivity index (χ3v) is 21.7. The second-order valence-electron chi connectivity index (χ2n) is 41.3. The fourth-order valence-electron chi connectivity index (χ4n) is 17.6. The minimum atomic E-state index is 0.544. The van der Waals surface area contributed by atoms with Crippen LogP contribution in [0.1, 0.15) is 441 Å². The first-order chi connectivity index (χ1) is 41.9. The van der Waals surface area contributed by atoms with Crippen molar-refractivity contribution in [2.75, 3.05) is 0 Å². The van der Waals surface area contributed by atoms with Gasteiger partial charge in [-0.1, -0.05) is 345 Å². The highest BCUT2D eigenvalue weighted by atomic mass is 14.4. The van der Waals surface area contributed by atoms with Gasteiger partial charge >= 0.3 is 0 Å². The Kier molecular flexibility index (Phi) is 63.7. The average molecular weight is 1320 g/mol. The first-order valence-electron chi connectivity index (χ1n) is 41.9. The lowest BCUT2D eigenvalue weighted by Crippen LogP contribution is -2.30. The summed E-state index contributed by atoms with van der Waals surface area (Å²) < 4.78 is 0. The molecule has 0 aliphatic rings. The monoisotopic (exact) mass is 1320 g/mol. The average Bonchev–Trinajstić information content (AvgIpc) is 1.40. The molecule has 0 spiro atoms. The Morgan fingerprint density at radius 1 is 0.183 bits per heavy atom. The minimum Gasteiger partial charge on any atom is -0.0649 e. The van der Waals surface area contributed by atoms with Gasteiger partial charge in [0.2, 0.25) is 0 Å². The fourth-order valence-corrected chi connectivity index (χ4v) is 17.6. The summed E-state index contributed by atoms with van der Waals surface area (Å²) in [5, 5.41) is 0. The molecule has 0 bridgehead atoms. The maximum Gasteiger partial charge on any atom is -0.0272 e. The predicted molar refractivity (Wildman–Crippen MR) is 442 cm³/mol. The Morgan fingerprint density at radius 2 is 0.344 bits per heavy atom. The molecule has 0 heteroatoms. The first-order valence-corrected chi connectivity index (χ1v) is 41.9. The van der Waals surface area contributed by atoms with Crippen LogP contribution >= 0.6 is 0 Å². The molecule has 0 amide bonds. The fraction of sp³-hybridized carbons (Fsp3) is 1.00. The van der Waals surface area contributed by atoms with Crippen molar-refractivity contribution in [2.24, 2.45) is 163 Å². The van der Waals surface area contributed by atoms with Crippen LogP contribution in [0.5, 0.6) is 0 Å². The quantitative estimate of drug-likeness (QED) is 0.0575. The molecule has 0 aromatic rings. The molecule has 572 valence electrons. The van der Waals surface area contributed by atoms with Crippen molar-refractivity contribution >= 4 is 0 Å². The van der Waals surface area contributed by atoms with Gasteiger partial charge in [-0.3, -0.25) is 0 Å². The zero-order valence-corrected chi connectivity index (χ0v) is 75.5. The number of hydrogen-bond donors (Lipinski definition) is 0. The summed E-state index contributed by atoms with van der Waals surface area (Å²) in [4.78, 5) is 0. The van der Waals surface area contributed by atoms with Crippen molar-refractivity contribution in [1.29, 1.82) is 0 Å². The zero-order valence-electron chi connectivity index (χ0n) is 75.5. The molecule has 0 aromatic carbocycles. The van der Waals surface area contributed by atoms with Crippen molar-refractivity contribution in [1.82, 2.24) is 0 Å². The maximum absolute atomic E-state index is 2.46. The molecule has 0 saturated heterocycles. The molecule has 0 atom stereocenters. The Hall–Kier alpha value is 0. The Morgan fingerprint density at radius 3 is 0.430 bits per heavy atom. The van der Waals surface area contributed by atoms with E-state index < -0.39 is 0 Å². The minimum absolute atomic E-state index is 0.544. The van der Waals surface area contributed by atoms with Crippen molar-refractivity contribution in [3.8, 4) is 0 Å². The molecule has 93 heavy (non-hydrogen) atoms. The lowest BCUT2D eigenvalue weighted by atomic mass is 9.65. The SMILES string of the molecule is CC(C)CC(C)(CC(C)C)C(C)C.CC(C)CC(C)(CC(C)C)C(C)C.CC(C)CC(CC(C)C)C(C)C.CC(C)CC(CC(C)C)C(C)C.CCC(CC(C)C)(CC(C)C)C(C)C.CCC(CC(C)C)(CC(C)C)C(C)C.CCC(CC(C)C)(CC(C)C)CC(C)C. The first kappa shape index (κ1) is 106. The summed E-state index contributed by atoms with van der Waals surface area (Å²) in [6.07, 6.45) is 24.8. The molecule has 0 heterocycles. The van der Waals surface area contributed by atoms with E-state index in [9.17, 15) is 0 Å². The van der Waals surface area contributed by atoms with E-state index in [2.05, 4.69) is 325 Å². The van der Waals surface area contributed by atoms with Gasteiger partial charge < -0.3 is 0 Å². The third-order valence-electron chi connectivity index (χ3n) is 21.7. The van der Waals surface area contributed by atoms with E-state index in [0.717, 1.165) is 136 Å². The standard InChI is InChI=1S/C15H32.2C14H30.2C13H28.2C12H26/c1-8-15(9-12(2)3,10-13(4)5)11-14(6)7;2*1-8-14(13(6)7,9-11(2)3)10-12(4)5;2*1-10(2)8-13(7,12(5)6)9-11(3)4;2*1-9(2)7-12(11(5)6)8-10(3)4/h12-14H,8-11H2,1-7H3;2*11-13H,8-10H2,1-7H3;2*10-12H,8-9H2,1-7H3;2*9-12H,7-8H2,1-6H3. The van der Waals surface area contributed by atoms with E-state index in [0.29, 0.717) is 27.1 Å². The van der Waals surface area contributed by atoms with Gasteiger partial charge in [-0.05, 0) is 259 Å². The molecule has 0 fully saturated rings. The van der Waals surface area contributed by atoms with Crippen LogP contribution in [0.15, 0.2) is 0 Å². The summed E-state index contributed by atoms with van der Waals surface area (Å²) in [6, 6.07) is 0. The topological polar surface area (TPSA) is 0 Å². The second-order valence-corrected chi connectivity index (χ2v) is 41.3. The van der Waals surface area contributed by atoms with Gasteiger partial charge in [0.15, 0.2) is 0 Å². The van der Waals surface area contributed by atoms with Crippen molar-refractivity contribution in [3.63, 3.8) is 0 Å². The molecule has 0 aliphatic heterocycles. The van der Waals surface area contributed by atoms with Crippen LogP contribution in [-0.2, 0) is 0 Å². The van der Waals surface area contributed by atoms with Gasteiger partial charge in [0.25, 0.3) is 0 Å². The highest BCUT2D eigenvalue weighted by Crippen LogP contribution is 2.46. The summed E-state index contributed by atoms with van der Waals surface area (Å²) in [7, 11) is 0. The summed E-state index contributed by atoms with van der Waals surface area (Å²) >= 11 is 0. The van der Waals surface area contributed by atoms with Crippen LogP contribution in [0.25, 0.3) is 0 Å². The van der Waals surface area contributed by atoms with Crippen LogP contribution in [-0.4, -0.2) is 0 Å². The summed E-state index contributed by atoms with van der Waals surface area (Å²) in [5.74, 6) is 19.4. The van der Waals surface area contributed by atoms with Gasteiger partial charge in [-0.2, -0.15) is 0 Å². The Bertz CT molecular complexity index is 1370. The van der Waals surface area contributed by atoms with Crippen LogP contribution in [0, 0.1) is 163 Å². The van der Waals surface area contributed by atoms with Crippen molar-refractivity contribution < 1.29 is 0 Å². The molecule has 0 aliphatic carbocycles. The van der Waals surface area contributed by atoms with Gasteiger partial charge in [-0.25, -0.2) is 0 Å². The van der Waals surface area contributed by atoms with E-state index in [4.69, 9.17) is 0 Å². The maximum atomic E-state index is 2.46. The summed E-state index contributed by atoms with van der Waals surface area (Å²) in [6.45, 7) is 111. The molecular weight excluding hydrogens is 1120 g/mol. The highest BCUT2D eigenvalue weighted by Gasteiger charge is 2.36. The lowest BCUT2D eigenvalue weighted by molar-refractivity contribution is 0.105. The molecule has 0 aromatic heterocycles. The smallest absolute Gasteiger partial charge is 0.0272 e. The normalized spacial score (nSPS) is 13.1. The number of rotatable bonds is 39. The van der Waals surface area contributed by atoms with Gasteiger partial charge in [0.05, 0.1) is 0 Å². The van der Waals surface area contributed by atoms with Crippen molar-refractivity contribution in [3.05, 3.63) is 0 Å². The van der Waals surface area contributed by atoms with Crippen LogP contribution in [0.3, 0.4) is 0 Å². The summed E-state index contributed by atoms with van der Waals surface area (Å²) in [5.41, 5.74) is 2.87. The third kappa shape index (κ3) is 59.4. The van der Waals surface area contributed by atoms with Gasteiger partial charge in [-0.15, -0.1) is 0 Å². The zero-order chi connectivity index (χ0) is 75.5. The largest absolute Gasteiger partial charge is 0.0649 e. The molecule has 0 nitrogen and oxygen atoms in total. The molecule has 0 N–H and O–H groups in total. The van der Waals surface area contributed by atoms with Gasteiger partial charge in [0.1, 0.15) is 0 Å². The molecular formula is C93H200. The Labute approximate surface area is 600 Å². The van der Waals surface area contributed by atoms with E-state index in [-0.39, 0.29) is 0 Å². The van der Waals surface area contributed by atoms with Gasteiger partial charge in [0, 0.05) is 0 Å². The molecule has 0 radical (unpaired) electrons. The molecule has 0 rings (SSSR count). The highest BCUT2D eigenvalue weighted by molar-refractivity contribution is 4.86. The van der Waals surface area contributed by atoms with Crippen LogP contribution in [0.4, 0.5) is 0 Å². The molecule has 0 unspecified atom stereocenters. The second kappa shape index (κ2) is 55.7. The number of hydrogen-bond acceptors (Lipinski definition) is 0. The van der Waals surface area contributed by atoms with E-state index in [1.165, 1.54) is 116 Å². The van der Waals surface area contributed by atoms with E-state index in [1.807, 2.05) is 0 Å².